The summed E-state index contributed by atoms with van der Waals surface area (Å²) in [6, 6.07) is 16.8. The first-order chi connectivity index (χ1) is 11.3. The van der Waals surface area contributed by atoms with Gasteiger partial charge in [0, 0.05) is 41.3 Å². The molecular weight excluding hydrogens is 308 g/mol. The van der Waals surface area contributed by atoms with Gasteiger partial charge >= 0.3 is 0 Å². The highest BCUT2D eigenvalue weighted by Gasteiger charge is 2.11. The predicted molar refractivity (Wildman–Crippen MR) is 94.8 cm³/mol. The lowest BCUT2D eigenvalue weighted by molar-refractivity contribution is 0.0342. The zero-order valence-electron chi connectivity index (χ0n) is 12.9. The molecule has 2 heterocycles. The van der Waals surface area contributed by atoms with Crippen LogP contribution in [0.2, 0.25) is 5.02 Å². The number of H-pyrrole nitrogens is 1. The third-order valence-corrected chi connectivity index (χ3v) is 4.57. The molecule has 23 heavy (non-hydrogen) atoms. The number of rotatable bonds is 3. The number of benzene rings is 2. The summed E-state index contributed by atoms with van der Waals surface area (Å²) in [4.78, 5) is 5.92. The molecule has 1 saturated heterocycles. The maximum Gasteiger partial charge on any atom is 0.0594 e. The SMILES string of the molecule is Clc1ccc2[nH]c(-c3cccc(CN4CCOCC4)c3)cc2c1. The Bertz CT molecular complexity index is 821. The molecule has 0 bridgehead atoms. The van der Waals surface area contributed by atoms with Crippen molar-refractivity contribution in [3.05, 3.63) is 59.1 Å². The Morgan fingerprint density at radius 2 is 1.91 bits per heavy atom. The van der Waals surface area contributed by atoms with E-state index in [1.54, 1.807) is 0 Å². The fourth-order valence-corrected chi connectivity index (χ4v) is 3.29. The minimum atomic E-state index is 0.768. The van der Waals surface area contributed by atoms with Crippen LogP contribution in [-0.4, -0.2) is 36.2 Å². The number of aromatic amines is 1. The average molecular weight is 327 g/mol. The zero-order chi connectivity index (χ0) is 15.6. The van der Waals surface area contributed by atoms with E-state index in [4.69, 9.17) is 16.3 Å². The third kappa shape index (κ3) is 3.27. The molecule has 118 valence electrons. The minimum absolute atomic E-state index is 0.768. The van der Waals surface area contributed by atoms with Gasteiger partial charge in [-0.15, -0.1) is 0 Å². The molecular formula is C19H19ClN2O. The number of halogens is 1. The van der Waals surface area contributed by atoms with Crippen LogP contribution in [0.1, 0.15) is 5.56 Å². The molecule has 1 aliphatic heterocycles. The molecule has 1 fully saturated rings. The molecule has 3 nitrogen and oxygen atoms in total. The van der Waals surface area contributed by atoms with Gasteiger partial charge in [0.15, 0.2) is 0 Å². The van der Waals surface area contributed by atoms with Gasteiger partial charge < -0.3 is 9.72 Å². The Morgan fingerprint density at radius 1 is 1.04 bits per heavy atom. The lowest BCUT2D eigenvalue weighted by Gasteiger charge is -2.26. The molecule has 3 aromatic rings. The second-order valence-corrected chi connectivity index (χ2v) is 6.44. The van der Waals surface area contributed by atoms with Crippen LogP contribution < -0.4 is 0 Å². The summed E-state index contributed by atoms with van der Waals surface area (Å²) in [6.07, 6.45) is 0. The molecule has 0 atom stereocenters. The second-order valence-electron chi connectivity index (χ2n) is 6.00. The number of aromatic nitrogens is 1. The van der Waals surface area contributed by atoms with Gasteiger partial charge in [-0.25, -0.2) is 0 Å². The summed E-state index contributed by atoms with van der Waals surface area (Å²) in [5.41, 5.74) is 4.79. The van der Waals surface area contributed by atoms with Crippen molar-refractivity contribution < 1.29 is 4.74 Å². The van der Waals surface area contributed by atoms with Crippen molar-refractivity contribution in [2.45, 2.75) is 6.54 Å². The first-order valence-electron chi connectivity index (χ1n) is 7.96. The van der Waals surface area contributed by atoms with Gasteiger partial charge in [-0.05, 0) is 41.5 Å². The Hall–Kier alpha value is -1.81. The Balaban J connectivity index is 1.61. The van der Waals surface area contributed by atoms with Gasteiger partial charge in [-0.1, -0.05) is 29.8 Å². The lowest BCUT2D eigenvalue weighted by Crippen LogP contribution is -2.35. The largest absolute Gasteiger partial charge is 0.379 e. The zero-order valence-corrected chi connectivity index (χ0v) is 13.6. The maximum atomic E-state index is 6.08. The van der Waals surface area contributed by atoms with E-state index in [1.165, 1.54) is 11.1 Å². The van der Waals surface area contributed by atoms with Gasteiger partial charge in [0.2, 0.25) is 0 Å². The number of hydrogen-bond acceptors (Lipinski definition) is 2. The quantitative estimate of drug-likeness (QED) is 0.776. The van der Waals surface area contributed by atoms with Crippen LogP contribution in [0.15, 0.2) is 48.5 Å². The van der Waals surface area contributed by atoms with Crippen molar-refractivity contribution >= 4 is 22.5 Å². The van der Waals surface area contributed by atoms with Crippen molar-refractivity contribution in [1.82, 2.24) is 9.88 Å². The number of nitrogens with zero attached hydrogens (tertiary/aromatic N) is 1. The summed E-state index contributed by atoms with van der Waals surface area (Å²) < 4.78 is 5.42. The van der Waals surface area contributed by atoms with Gasteiger partial charge in [0.05, 0.1) is 13.2 Å². The first-order valence-corrected chi connectivity index (χ1v) is 8.33. The van der Waals surface area contributed by atoms with E-state index >= 15 is 0 Å². The second kappa shape index (κ2) is 6.36. The summed E-state index contributed by atoms with van der Waals surface area (Å²) in [6.45, 7) is 4.67. The maximum absolute atomic E-state index is 6.08. The van der Waals surface area contributed by atoms with Crippen LogP contribution in [0.4, 0.5) is 0 Å². The number of hydrogen-bond donors (Lipinski definition) is 1. The number of fused-ring (bicyclic) bond motifs is 1. The molecule has 2 aromatic carbocycles. The number of morpholine rings is 1. The highest BCUT2D eigenvalue weighted by molar-refractivity contribution is 6.31. The standard InChI is InChI=1S/C19H19ClN2O/c20-17-4-5-18-16(11-17)12-19(21-18)15-3-1-2-14(10-15)13-22-6-8-23-9-7-22/h1-5,10-12,21H,6-9,13H2. The highest BCUT2D eigenvalue weighted by atomic mass is 35.5. The van der Waals surface area contributed by atoms with Crippen LogP contribution in [0.3, 0.4) is 0 Å². The van der Waals surface area contributed by atoms with Crippen molar-refractivity contribution in [2.75, 3.05) is 26.3 Å². The van der Waals surface area contributed by atoms with Gasteiger partial charge in [0.25, 0.3) is 0 Å². The smallest absolute Gasteiger partial charge is 0.0594 e. The van der Waals surface area contributed by atoms with E-state index in [1.807, 2.05) is 18.2 Å². The van der Waals surface area contributed by atoms with E-state index in [9.17, 15) is 0 Å². The summed E-state index contributed by atoms with van der Waals surface area (Å²) >= 11 is 6.08. The summed E-state index contributed by atoms with van der Waals surface area (Å²) in [5.74, 6) is 0. The van der Waals surface area contributed by atoms with Gasteiger partial charge in [-0.2, -0.15) is 0 Å². The van der Waals surface area contributed by atoms with E-state index in [0.29, 0.717) is 0 Å². The van der Waals surface area contributed by atoms with Crippen LogP contribution in [0.25, 0.3) is 22.2 Å². The average Bonchev–Trinajstić information content (AvgIpc) is 2.99. The molecule has 0 saturated carbocycles. The first kappa shape index (κ1) is 14.8. The molecule has 4 rings (SSSR count). The Labute approximate surface area is 140 Å². The molecule has 1 aromatic heterocycles. The monoisotopic (exact) mass is 326 g/mol. The van der Waals surface area contributed by atoms with Gasteiger partial charge in [0.1, 0.15) is 0 Å². The lowest BCUT2D eigenvalue weighted by atomic mass is 10.1. The van der Waals surface area contributed by atoms with Crippen molar-refractivity contribution in [2.24, 2.45) is 0 Å². The summed E-state index contributed by atoms with van der Waals surface area (Å²) in [5, 5.41) is 1.91. The fourth-order valence-electron chi connectivity index (χ4n) is 3.11. The van der Waals surface area contributed by atoms with Crippen LogP contribution in [0, 0.1) is 0 Å². The molecule has 0 unspecified atom stereocenters. The highest BCUT2D eigenvalue weighted by Crippen LogP contribution is 2.27. The molecule has 0 radical (unpaired) electrons. The number of ether oxygens (including phenoxy) is 1. The molecule has 1 N–H and O–H groups in total. The molecule has 0 spiro atoms. The Morgan fingerprint density at radius 3 is 2.78 bits per heavy atom. The third-order valence-electron chi connectivity index (χ3n) is 4.33. The van der Waals surface area contributed by atoms with Gasteiger partial charge in [-0.3, -0.25) is 4.90 Å². The molecule has 0 amide bonds. The van der Waals surface area contributed by atoms with E-state index in [-0.39, 0.29) is 0 Å². The minimum Gasteiger partial charge on any atom is -0.379 e. The van der Waals surface area contributed by atoms with Crippen molar-refractivity contribution in [3.8, 4) is 11.3 Å². The van der Waals surface area contributed by atoms with Crippen molar-refractivity contribution in [3.63, 3.8) is 0 Å². The van der Waals surface area contributed by atoms with Crippen LogP contribution >= 0.6 is 11.6 Å². The van der Waals surface area contributed by atoms with Crippen molar-refractivity contribution in [1.29, 1.82) is 0 Å². The van der Waals surface area contributed by atoms with E-state index in [2.05, 4.69) is 40.2 Å². The number of nitrogens with one attached hydrogen (secondary N) is 1. The predicted octanol–water partition coefficient (Wildman–Crippen LogP) is 4.32. The van der Waals surface area contributed by atoms with E-state index in [0.717, 1.165) is 54.5 Å². The normalized spacial score (nSPS) is 16.0. The van der Waals surface area contributed by atoms with Crippen LogP contribution in [-0.2, 0) is 11.3 Å². The van der Waals surface area contributed by atoms with Crippen LogP contribution in [0.5, 0.6) is 0 Å². The molecule has 4 heteroatoms. The van der Waals surface area contributed by atoms with E-state index < -0.39 is 0 Å². The molecule has 0 aliphatic carbocycles. The Kier molecular flexibility index (Phi) is 4.08. The fraction of sp³-hybridized carbons (Fsp3) is 0.263. The topological polar surface area (TPSA) is 28.3 Å². The summed E-state index contributed by atoms with van der Waals surface area (Å²) in [7, 11) is 0. The molecule has 1 aliphatic rings.